The van der Waals surface area contributed by atoms with Crippen LogP contribution in [0.15, 0.2) is 18.2 Å². The van der Waals surface area contributed by atoms with E-state index >= 15 is 0 Å². The molecule has 1 aliphatic heterocycles. The first kappa shape index (κ1) is 14.6. The maximum absolute atomic E-state index is 6.36. The van der Waals surface area contributed by atoms with Gasteiger partial charge in [0.25, 0.3) is 0 Å². The van der Waals surface area contributed by atoms with Gasteiger partial charge >= 0.3 is 0 Å². The van der Waals surface area contributed by atoms with Crippen molar-refractivity contribution in [2.45, 2.75) is 32.4 Å². The van der Waals surface area contributed by atoms with E-state index in [0.29, 0.717) is 6.04 Å². The molecule has 0 bridgehead atoms. The van der Waals surface area contributed by atoms with Crippen LogP contribution in [0.5, 0.6) is 0 Å². The van der Waals surface area contributed by atoms with Gasteiger partial charge in [0.15, 0.2) is 0 Å². The first-order chi connectivity index (χ1) is 9.24. The van der Waals surface area contributed by atoms with Crippen molar-refractivity contribution < 1.29 is 4.74 Å². The van der Waals surface area contributed by atoms with Crippen LogP contribution in [0, 0.1) is 0 Å². The third-order valence-corrected chi connectivity index (χ3v) is 4.12. The van der Waals surface area contributed by atoms with Gasteiger partial charge in [0.05, 0.1) is 0 Å². The highest BCUT2D eigenvalue weighted by Gasteiger charge is 2.21. The molecule has 1 N–H and O–H groups in total. The van der Waals surface area contributed by atoms with Crippen molar-refractivity contribution in [1.29, 1.82) is 0 Å². The van der Waals surface area contributed by atoms with Gasteiger partial charge in [-0.25, -0.2) is 0 Å². The Balaban J connectivity index is 2.19. The molecule has 4 heteroatoms. The minimum absolute atomic E-state index is 0.549. The molecule has 0 saturated carbocycles. The summed E-state index contributed by atoms with van der Waals surface area (Å²) in [6.07, 6.45) is 2.17. The fourth-order valence-corrected chi connectivity index (χ4v) is 2.81. The second-order valence-electron chi connectivity index (χ2n) is 4.97. The monoisotopic (exact) mass is 282 g/mol. The summed E-state index contributed by atoms with van der Waals surface area (Å²) in [6, 6.07) is 6.71. The lowest BCUT2D eigenvalue weighted by molar-refractivity contribution is 0.0854. The van der Waals surface area contributed by atoms with Gasteiger partial charge in [-0.3, -0.25) is 0 Å². The summed E-state index contributed by atoms with van der Waals surface area (Å²) >= 11 is 6.36. The molecule has 0 amide bonds. The van der Waals surface area contributed by atoms with Gasteiger partial charge in [-0.1, -0.05) is 24.6 Å². The quantitative estimate of drug-likeness (QED) is 0.898. The fraction of sp³-hybridized carbons (Fsp3) is 0.600. The Kier molecular flexibility index (Phi) is 5.49. The lowest BCUT2D eigenvalue weighted by Gasteiger charge is -2.34. The lowest BCUT2D eigenvalue weighted by atomic mass is 10.0. The van der Waals surface area contributed by atoms with Gasteiger partial charge in [0, 0.05) is 49.1 Å². The van der Waals surface area contributed by atoms with Crippen molar-refractivity contribution in [3.8, 4) is 0 Å². The fourth-order valence-electron chi connectivity index (χ4n) is 2.57. The van der Waals surface area contributed by atoms with Crippen LogP contribution >= 0.6 is 11.6 Å². The predicted molar refractivity (Wildman–Crippen MR) is 81.1 cm³/mol. The number of rotatable bonds is 5. The Bertz CT molecular complexity index is 405. The predicted octanol–water partition coefficient (Wildman–Crippen LogP) is 3.06. The molecule has 0 unspecified atom stereocenters. The Morgan fingerprint density at radius 2 is 2.11 bits per heavy atom. The van der Waals surface area contributed by atoms with Gasteiger partial charge in [0.2, 0.25) is 0 Å². The van der Waals surface area contributed by atoms with Crippen LogP contribution in [-0.2, 0) is 11.3 Å². The number of nitrogens with zero attached hydrogens (tertiary/aromatic N) is 1. The summed E-state index contributed by atoms with van der Waals surface area (Å²) in [5.41, 5.74) is 2.43. The van der Waals surface area contributed by atoms with E-state index in [2.05, 4.69) is 30.3 Å². The summed E-state index contributed by atoms with van der Waals surface area (Å²) < 4.78 is 5.44. The second kappa shape index (κ2) is 7.13. The van der Waals surface area contributed by atoms with Crippen LogP contribution in [0.25, 0.3) is 0 Å². The summed E-state index contributed by atoms with van der Waals surface area (Å²) in [6.45, 7) is 5.60. The molecule has 0 aliphatic carbocycles. The van der Waals surface area contributed by atoms with Crippen LogP contribution < -0.4 is 10.2 Å². The molecule has 0 atom stereocenters. The average molecular weight is 283 g/mol. The molecule has 106 valence electrons. The van der Waals surface area contributed by atoms with Crippen molar-refractivity contribution in [1.82, 2.24) is 5.32 Å². The summed E-state index contributed by atoms with van der Waals surface area (Å²) in [4.78, 5) is 2.36. The Morgan fingerprint density at radius 3 is 2.79 bits per heavy atom. The highest BCUT2D eigenvalue weighted by atomic mass is 35.5. The first-order valence-corrected chi connectivity index (χ1v) is 7.40. The van der Waals surface area contributed by atoms with E-state index in [1.807, 2.05) is 12.1 Å². The number of benzene rings is 1. The van der Waals surface area contributed by atoms with Crippen LogP contribution in [0.2, 0.25) is 5.02 Å². The maximum Gasteiger partial charge on any atom is 0.0485 e. The zero-order valence-electron chi connectivity index (χ0n) is 11.8. The zero-order chi connectivity index (χ0) is 13.7. The largest absolute Gasteiger partial charge is 0.381 e. The number of halogens is 1. The van der Waals surface area contributed by atoms with Crippen molar-refractivity contribution in [3.63, 3.8) is 0 Å². The third kappa shape index (κ3) is 3.62. The zero-order valence-corrected chi connectivity index (χ0v) is 12.5. The first-order valence-electron chi connectivity index (χ1n) is 7.02. The van der Waals surface area contributed by atoms with E-state index in [9.17, 15) is 0 Å². The van der Waals surface area contributed by atoms with Gasteiger partial charge in [-0.2, -0.15) is 0 Å². The Labute approximate surface area is 120 Å². The molecule has 1 aliphatic rings. The number of anilines is 1. The second-order valence-corrected chi connectivity index (χ2v) is 5.38. The molecule has 0 spiro atoms. The molecule has 0 radical (unpaired) electrons. The number of nitrogens with one attached hydrogen (secondary N) is 1. The van der Waals surface area contributed by atoms with Crippen LogP contribution in [0.4, 0.5) is 5.69 Å². The molecule has 1 aromatic rings. The molecule has 1 heterocycles. The van der Waals surface area contributed by atoms with Gasteiger partial charge in [0.1, 0.15) is 0 Å². The maximum atomic E-state index is 6.36. The van der Waals surface area contributed by atoms with Crippen LogP contribution in [0.1, 0.15) is 25.3 Å². The van der Waals surface area contributed by atoms with E-state index in [0.717, 1.165) is 44.2 Å². The summed E-state index contributed by atoms with van der Waals surface area (Å²) in [5, 5.41) is 4.21. The Hall–Kier alpha value is -0.770. The van der Waals surface area contributed by atoms with E-state index in [1.54, 1.807) is 0 Å². The molecule has 0 aromatic heterocycles. The number of hydrogen-bond donors (Lipinski definition) is 1. The van der Waals surface area contributed by atoms with Crippen molar-refractivity contribution in [2.24, 2.45) is 0 Å². The Morgan fingerprint density at radius 1 is 1.37 bits per heavy atom. The normalized spacial score (nSPS) is 16.6. The van der Waals surface area contributed by atoms with E-state index < -0.39 is 0 Å². The number of hydrogen-bond acceptors (Lipinski definition) is 3. The minimum atomic E-state index is 0.549. The molecular weight excluding hydrogens is 260 g/mol. The van der Waals surface area contributed by atoms with Gasteiger partial charge in [-0.15, -0.1) is 0 Å². The van der Waals surface area contributed by atoms with Crippen molar-refractivity contribution >= 4 is 17.3 Å². The van der Waals surface area contributed by atoms with Crippen LogP contribution in [-0.4, -0.2) is 32.8 Å². The molecular formula is C15H23ClN2O. The van der Waals surface area contributed by atoms with Crippen molar-refractivity contribution in [2.75, 3.05) is 31.7 Å². The standard InChI is InChI=1S/C15H23ClN2O/c1-3-17-11-13-14(16)5-4-6-15(13)18(2)12-7-9-19-10-8-12/h4-6,12,17H,3,7-11H2,1-2H3. The average Bonchev–Trinajstić information content (AvgIpc) is 2.46. The summed E-state index contributed by atoms with van der Waals surface area (Å²) in [7, 11) is 2.16. The minimum Gasteiger partial charge on any atom is -0.381 e. The SMILES string of the molecule is CCNCc1c(Cl)cccc1N(C)C1CCOCC1. The molecule has 1 aromatic carbocycles. The van der Waals surface area contributed by atoms with E-state index in [4.69, 9.17) is 16.3 Å². The third-order valence-electron chi connectivity index (χ3n) is 3.76. The molecule has 2 rings (SSSR count). The lowest BCUT2D eigenvalue weighted by Crippen LogP contribution is -2.37. The molecule has 3 nitrogen and oxygen atoms in total. The molecule has 1 fully saturated rings. The highest BCUT2D eigenvalue weighted by molar-refractivity contribution is 6.31. The topological polar surface area (TPSA) is 24.5 Å². The van der Waals surface area contributed by atoms with Gasteiger partial charge in [-0.05, 0) is 31.5 Å². The van der Waals surface area contributed by atoms with Crippen LogP contribution in [0.3, 0.4) is 0 Å². The number of ether oxygens (including phenoxy) is 1. The highest BCUT2D eigenvalue weighted by Crippen LogP contribution is 2.30. The summed E-state index contributed by atoms with van der Waals surface area (Å²) in [5.74, 6) is 0. The smallest absolute Gasteiger partial charge is 0.0485 e. The molecule has 1 saturated heterocycles. The van der Waals surface area contributed by atoms with Gasteiger partial charge < -0.3 is 15.0 Å². The van der Waals surface area contributed by atoms with E-state index in [1.165, 1.54) is 11.3 Å². The molecule has 19 heavy (non-hydrogen) atoms. The van der Waals surface area contributed by atoms with Crippen molar-refractivity contribution in [3.05, 3.63) is 28.8 Å². The van der Waals surface area contributed by atoms with E-state index in [-0.39, 0.29) is 0 Å².